The molecular formula is C39H41N7O8S. The summed E-state index contributed by atoms with van der Waals surface area (Å²) in [6.45, 7) is 1.20. The topological polar surface area (TPSA) is 207 Å². The Kier molecular flexibility index (Phi) is 15.9. The SMILES string of the molecule is CCOC(=O)c1cnc(SC)nc1N/C=C(\NC(=O)c1ccccc1)C(=O)N[C@@H](Cc1ccccc1)C(=O)NCC(=O)N[C@@H](Cc1ccccc1)C(=O)OC. The second-order valence-electron chi connectivity index (χ2n) is 11.6. The summed E-state index contributed by atoms with van der Waals surface area (Å²) < 4.78 is 9.99. The summed E-state index contributed by atoms with van der Waals surface area (Å²) in [6.07, 6.45) is 4.31. The van der Waals surface area contributed by atoms with Gasteiger partial charge in [0.15, 0.2) is 5.16 Å². The van der Waals surface area contributed by atoms with Gasteiger partial charge in [0.25, 0.3) is 11.8 Å². The van der Waals surface area contributed by atoms with Crippen LogP contribution in [-0.4, -0.2) is 84.1 Å². The lowest BCUT2D eigenvalue weighted by Gasteiger charge is -2.21. The number of amides is 4. The van der Waals surface area contributed by atoms with E-state index in [1.165, 1.54) is 25.1 Å². The van der Waals surface area contributed by atoms with Gasteiger partial charge in [0.05, 0.1) is 20.3 Å². The van der Waals surface area contributed by atoms with Gasteiger partial charge in [0.1, 0.15) is 29.2 Å². The lowest BCUT2D eigenvalue weighted by Crippen LogP contribution is -2.52. The third-order valence-corrected chi connectivity index (χ3v) is 8.32. The van der Waals surface area contributed by atoms with E-state index in [0.717, 1.165) is 11.8 Å². The second kappa shape index (κ2) is 21.2. The molecule has 5 N–H and O–H groups in total. The molecule has 0 aliphatic rings. The molecule has 55 heavy (non-hydrogen) atoms. The number of methoxy groups -OCH3 is 1. The third kappa shape index (κ3) is 12.8. The molecule has 0 radical (unpaired) electrons. The van der Waals surface area contributed by atoms with E-state index >= 15 is 0 Å². The Morgan fingerprint density at radius 1 is 0.818 bits per heavy atom. The van der Waals surface area contributed by atoms with Gasteiger partial charge >= 0.3 is 11.9 Å². The van der Waals surface area contributed by atoms with Crippen molar-refractivity contribution in [2.24, 2.45) is 0 Å². The first-order chi connectivity index (χ1) is 26.6. The molecule has 4 aromatic rings. The number of benzene rings is 3. The second-order valence-corrected chi connectivity index (χ2v) is 12.4. The van der Waals surface area contributed by atoms with Crippen LogP contribution in [0.2, 0.25) is 0 Å². The maximum absolute atomic E-state index is 14.0. The van der Waals surface area contributed by atoms with Gasteiger partial charge in [-0.3, -0.25) is 19.2 Å². The first-order valence-corrected chi connectivity index (χ1v) is 18.3. The van der Waals surface area contributed by atoms with E-state index in [2.05, 4.69) is 36.6 Å². The molecule has 0 bridgehead atoms. The molecule has 4 amide bonds. The van der Waals surface area contributed by atoms with E-state index in [1.54, 1.807) is 98.1 Å². The van der Waals surface area contributed by atoms with Crippen LogP contribution in [0.4, 0.5) is 5.82 Å². The number of hydrogen-bond donors (Lipinski definition) is 5. The first kappa shape index (κ1) is 41.2. The van der Waals surface area contributed by atoms with Crippen molar-refractivity contribution in [2.45, 2.75) is 37.0 Å². The summed E-state index contributed by atoms with van der Waals surface area (Å²) in [4.78, 5) is 87.5. The molecular weight excluding hydrogens is 727 g/mol. The minimum absolute atomic E-state index is 0.000765. The zero-order chi connectivity index (χ0) is 39.6. The van der Waals surface area contributed by atoms with Crippen molar-refractivity contribution in [3.8, 4) is 0 Å². The van der Waals surface area contributed by atoms with E-state index in [1.807, 2.05) is 6.07 Å². The van der Waals surface area contributed by atoms with E-state index in [9.17, 15) is 28.8 Å². The highest BCUT2D eigenvalue weighted by atomic mass is 32.2. The largest absolute Gasteiger partial charge is 0.467 e. The molecule has 16 heteroatoms. The van der Waals surface area contributed by atoms with Crippen LogP contribution in [0.25, 0.3) is 0 Å². The fourth-order valence-electron chi connectivity index (χ4n) is 5.03. The number of ether oxygens (including phenoxy) is 2. The molecule has 0 saturated heterocycles. The monoisotopic (exact) mass is 767 g/mol. The normalized spacial score (nSPS) is 11.9. The summed E-state index contributed by atoms with van der Waals surface area (Å²) >= 11 is 1.21. The molecule has 2 atom stereocenters. The highest BCUT2D eigenvalue weighted by Crippen LogP contribution is 2.18. The minimum Gasteiger partial charge on any atom is -0.467 e. The van der Waals surface area contributed by atoms with Crippen LogP contribution in [0.5, 0.6) is 0 Å². The maximum atomic E-state index is 14.0. The number of hydrogen-bond acceptors (Lipinski definition) is 12. The Balaban J connectivity index is 1.58. The third-order valence-electron chi connectivity index (χ3n) is 7.76. The van der Waals surface area contributed by atoms with Crippen LogP contribution in [0, 0.1) is 0 Å². The van der Waals surface area contributed by atoms with Gasteiger partial charge in [0, 0.05) is 30.8 Å². The van der Waals surface area contributed by atoms with Crippen LogP contribution >= 0.6 is 11.8 Å². The summed E-state index contributed by atoms with van der Waals surface area (Å²) in [5.74, 6) is -4.30. The van der Waals surface area contributed by atoms with Gasteiger partial charge < -0.3 is 36.1 Å². The number of esters is 2. The number of nitrogens with zero attached hydrogens (tertiary/aromatic N) is 2. The van der Waals surface area contributed by atoms with Crippen LogP contribution in [0.1, 0.15) is 38.8 Å². The van der Waals surface area contributed by atoms with Crippen molar-refractivity contribution in [3.05, 3.63) is 131 Å². The maximum Gasteiger partial charge on any atom is 0.343 e. The van der Waals surface area contributed by atoms with E-state index in [4.69, 9.17) is 9.47 Å². The first-order valence-electron chi connectivity index (χ1n) is 17.1. The summed E-state index contributed by atoms with van der Waals surface area (Å²) in [5, 5.41) is 13.5. The lowest BCUT2D eigenvalue weighted by atomic mass is 10.0. The highest BCUT2D eigenvalue weighted by molar-refractivity contribution is 7.98. The predicted octanol–water partition coefficient (Wildman–Crippen LogP) is 2.80. The smallest absolute Gasteiger partial charge is 0.343 e. The zero-order valence-corrected chi connectivity index (χ0v) is 31.2. The van der Waals surface area contributed by atoms with Crippen molar-refractivity contribution < 1.29 is 38.2 Å². The summed E-state index contributed by atoms with van der Waals surface area (Å²) in [6, 6.07) is 23.7. The molecule has 0 saturated carbocycles. The highest BCUT2D eigenvalue weighted by Gasteiger charge is 2.27. The van der Waals surface area contributed by atoms with Gasteiger partial charge in [-0.1, -0.05) is 90.6 Å². The Morgan fingerprint density at radius 3 is 2.00 bits per heavy atom. The molecule has 0 unspecified atom stereocenters. The average Bonchev–Trinajstić information content (AvgIpc) is 3.21. The number of anilines is 1. The molecule has 0 fully saturated rings. The number of rotatable bonds is 18. The predicted molar refractivity (Wildman–Crippen MR) is 205 cm³/mol. The zero-order valence-electron chi connectivity index (χ0n) is 30.4. The van der Waals surface area contributed by atoms with Crippen molar-refractivity contribution >= 4 is 53.1 Å². The number of nitrogens with one attached hydrogen (secondary N) is 5. The van der Waals surface area contributed by atoms with E-state index in [-0.39, 0.29) is 42.1 Å². The molecule has 0 aliphatic carbocycles. The molecule has 1 heterocycles. The molecule has 15 nitrogen and oxygen atoms in total. The fourth-order valence-corrected chi connectivity index (χ4v) is 5.37. The number of thioether (sulfide) groups is 1. The Labute approximate surface area is 322 Å². The Morgan fingerprint density at radius 2 is 1.42 bits per heavy atom. The van der Waals surface area contributed by atoms with Crippen molar-refractivity contribution in [2.75, 3.05) is 31.8 Å². The molecule has 1 aromatic heterocycles. The molecule has 0 aliphatic heterocycles. The van der Waals surface area contributed by atoms with Gasteiger partial charge in [-0.25, -0.2) is 19.6 Å². The standard InChI is InChI=1S/C39H41N7O8S/c1-4-54-37(51)28-22-42-39(55-3)46-33(28)40-23-31(45-34(48)27-18-12-7-13-19-27)36(50)44-29(20-25-14-8-5-9-15-25)35(49)41-24-32(47)43-30(38(52)53-2)21-26-16-10-6-11-17-26/h5-19,22-23,29-30H,4,20-21,24H2,1-3H3,(H,41,49)(H,43,47)(H,44,50)(H,45,48)(H,40,42,46)/b31-23-/t29-,30-/m0/s1. The quantitative estimate of drug-likeness (QED) is 0.0429. The van der Waals surface area contributed by atoms with Crippen molar-refractivity contribution in [1.82, 2.24) is 31.2 Å². The van der Waals surface area contributed by atoms with Crippen molar-refractivity contribution in [1.29, 1.82) is 0 Å². The summed E-state index contributed by atoms with van der Waals surface area (Å²) in [7, 11) is 1.21. The summed E-state index contributed by atoms with van der Waals surface area (Å²) in [5.41, 5.74) is 1.35. The average molecular weight is 768 g/mol. The lowest BCUT2D eigenvalue weighted by molar-refractivity contribution is -0.145. The van der Waals surface area contributed by atoms with Gasteiger partial charge in [-0.05, 0) is 36.4 Å². The van der Waals surface area contributed by atoms with Crippen molar-refractivity contribution in [3.63, 3.8) is 0 Å². The van der Waals surface area contributed by atoms with Crippen LogP contribution in [0.15, 0.2) is 114 Å². The molecule has 4 rings (SSSR count). The number of carbonyl (C=O) groups excluding carboxylic acids is 6. The van der Waals surface area contributed by atoms with Crippen LogP contribution < -0.4 is 26.6 Å². The fraction of sp³-hybridized carbons (Fsp3) is 0.231. The minimum atomic E-state index is -1.25. The van der Waals surface area contributed by atoms with Gasteiger partial charge in [0.2, 0.25) is 11.8 Å². The number of carbonyl (C=O) groups is 6. The molecule has 286 valence electrons. The molecule has 3 aromatic carbocycles. The Bertz CT molecular complexity index is 1980. The van der Waals surface area contributed by atoms with Gasteiger partial charge in [-0.15, -0.1) is 0 Å². The van der Waals surface area contributed by atoms with E-state index < -0.39 is 54.2 Å². The van der Waals surface area contributed by atoms with Crippen LogP contribution in [0.3, 0.4) is 0 Å². The number of aromatic nitrogens is 2. The van der Waals surface area contributed by atoms with Crippen LogP contribution in [-0.2, 0) is 41.5 Å². The van der Waals surface area contributed by atoms with Gasteiger partial charge in [-0.2, -0.15) is 0 Å². The molecule has 0 spiro atoms. The van der Waals surface area contributed by atoms with E-state index in [0.29, 0.717) is 10.7 Å². The Hall–Kier alpha value is -6.55.